The van der Waals surface area contributed by atoms with Crippen molar-refractivity contribution in [3.63, 3.8) is 0 Å². The van der Waals surface area contributed by atoms with Crippen molar-refractivity contribution < 1.29 is 0 Å². The number of nitrogens with two attached hydrogens (primary N) is 1. The van der Waals surface area contributed by atoms with Crippen molar-refractivity contribution in [1.29, 1.82) is 0 Å². The van der Waals surface area contributed by atoms with Crippen molar-refractivity contribution in [1.82, 2.24) is 15.0 Å². The maximum Gasteiger partial charge on any atom is 0.243 e. The number of hydrogen-bond donors (Lipinski definition) is 3. The Morgan fingerprint density at radius 1 is 1.24 bits per heavy atom. The molecule has 0 saturated heterocycles. The topological polar surface area (TPSA) is 92.0 Å². The molecule has 0 spiro atoms. The van der Waals surface area contributed by atoms with Gasteiger partial charge in [0.05, 0.1) is 0 Å². The lowest BCUT2D eigenvalue weighted by atomic mass is 9.91. The molecule has 2 heterocycles. The zero-order valence-electron chi connectivity index (χ0n) is 12.7. The first-order valence-electron chi connectivity index (χ1n) is 6.60. The SMILES string of the molecule is CN(C)c1nc(NN)nc(NCC(C)(C)c2cccs2)n1. The summed E-state index contributed by atoms with van der Waals surface area (Å²) in [4.78, 5) is 15.9. The highest BCUT2D eigenvalue weighted by Gasteiger charge is 2.22. The molecule has 21 heavy (non-hydrogen) atoms. The maximum absolute atomic E-state index is 5.40. The van der Waals surface area contributed by atoms with Crippen LogP contribution in [-0.4, -0.2) is 35.6 Å². The Bertz CT molecular complexity index is 580. The largest absolute Gasteiger partial charge is 0.353 e. The summed E-state index contributed by atoms with van der Waals surface area (Å²) >= 11 is 1.75. The molecule has 0 aliphatic rings. The van der Waals surface area contributed by atoms with Gasteiger partial charge < -0.3 is 10.2 Å². The molecule has 0 aromatic carbocycles. The molecule has 4 N–H and O–H groups in total. The van der Waals surface area contributed by atoms with Gasteiger partial charge in [-0.05, 0) is 11.4 Å². The third-order valence-electron chi connectivity index (χ3n) is 3.03. The van der Waals surface area contributed by atoms with Gasteiger partial charge in [-0.2, -0.15) is 15.0 Å². The average Bonchev–Trinajstić information content (AvgIpc) is 3.00. The number of hydrazine groups is 1. The van der Waals surface area contributed by atoms with E-state index in [1.165, 1.54) is 4.88 Å². The van der Waals surface area contributed by atoms with Crippen molar-refractivity contribution in [2.75, 3.05) is 36.3 Å². The van der Waals surface area contributed by atoms with Crippen LogP contribution in [0.3, 0.4) is 0 Å². The molecule has 7 nitrogen and oxygen atoms in total. The Hall–Kier alpha value is -1.93. The molecule has 8 heteroatoms. The minimum Gasteiger partial charge on any atom is -0.353 e. The van der Waals surface area contributed by atoms with Gasteiger partial charge in [0.15, 0.2) is 0 Å². The van der Waals surface area contributed by atoms with Crippen LogP contribution in [0.15, 0.2) is 17.5 Å². The Balaban J connectivity index is 2.14. The lowest BCUT2D eigenvalue weighted by molar-refractivity contribution is 0.567. The van der Waals surface area contributed by atoms with E-state index in [9.17, 15) is 0 Å². The van der Waals surface area contributed by atoms with Gasteiger partial charge in [0.25, 0.3) is 0 Å². The number of anilines is 3. The summed E-state index contributed by atoms with van der Waals surface area (Å²) in [6.07, 6.45) is 0. The molecule has 0 aliphatic carbocycles. The minimum absolute atomic E-state index is 0.00458. The zero-order chi connectivity index (χ0) is 15.5. The van der Waals surface area contributed by atoms with Gasteiger partial charge in [0, 0.05) is 30.9 Å². The highest BCUT2D eigenvalue weighted by atomic mass is 32.1. The van der Waals surface area contributed by atoms with Gasteiger partial charge in [-0.15, -0.1) is 11.3 Å². The minimum atomic E-state index is -0.00458. The number of rotatable bonds is 6. The summed E-state index contributed by atoms with van der Waals surface area (Å²) in [5, 5.41) is 5.35. The second kappa shape index (κ2) is 6.23. The predicted octanol–water partition coefficient (Wildman–Crippen LogP) is 1.67. The van der Waals surface area contributed by atoms with Gasteiger partial charge >= 0.3 is 0 Å². The Kier molecular flexibility index (Phi) is 4.59. The molecule has 0 unspecified atom stereocenters. The average molecular weight is 307 g/mol. The fourth-order valence-electron chi connectivity index (χ4n) is 1.76. The van der Waals surface area contributed by atoms with Crippen molar-refractivity contribution in [2.24, 2.45) is 5.84 Å². The smallest absolute Gasteiger partial charge is 0.243 e. The zero-order valence-corrected chi connectivity index (χ0v) is 13.5. The lowest BCUT2D eigenvalue weighted by Gasteiger charge is -2.24. The van der Waals surface area contributed by atoms with Crippen LogP contribution in [0.5, 0.6) is 0 Å². The quantitative estimate of drug-likeness (QED) is 0.552. The molecule has 0 atom stereocenters. The van der Waals surface area contributed by atoms with E-state index in [4.69, 9.17) is 5.84 Å². The first-order chi connectivity index (χ1) is 9.92. The molecular formula is C13H21N7S. The summed E-state index contributed by atoms with van der Waals surface area (Å²) in [6, 6.07) is 4.20. The number of thiophene rings is 1. The summed E-state index contributed by atoms with van der Waals surface area (Å²) in [6.45, 7) is 5.08. The second-order valence-corrected chi connectivity index (χ2v) is 6.48. The molecule has 2 aromatic heterocycles. The van der Waals surface area contributed by atoms with Crippen molar-refractivity contribution >= 4 is 29.2 Å². The molecule has 0 radical (unpaired) electrons. The molecular weight excluding hydrogens is 286 g/mol. The first-order valence-corrected chi connectivity index (χ1v) is 7.48. The van der Waals surface area contributed by atoms with Crippen molar-refractivity contribution in [3.8, 4) is 0 Å². The van der Waals surface area contributed by atoms with Gasteiger partial charge in [-0.1, -0.05) is 19.9 Å². The molecule has 0 aliphatic heterocycles. The predicted molar refractivity (Wildman–Crippen MR) is 87.8 cm³/mol. The van der Waals surface area contributed by atoms with E-state index in [-0.39, 0.29) is 5.41 Å². The van der Waals surface area contributed by atoms with E-state index in [1.54, 1.807) is 16.2 Å². The summed E-state index contributed by atoms with van der Waals surface area (Å²) < 4.78 is 0. The molecule has 2 aromatic rings. The molecule has 0 saturated carbocycles. The highest BCUT2D eigenvalue weighted by Crippen LogP contribution is 2.27. The molecule has 0 amide bonds. The third-order valence-corrected chi connectivity index (χ3v) is 4.27. The van der Waals surface area contributed by atoms with Crippen LogP contribution in [0, 0.1) is 0 Å². The third kappa shape index (κ3) is 3.79. The van der Waals surface area contributed by atoms with Crippen LogP contribution in [0.1, 0.15) is 18.7 Å². The van der Waals surface area contributed by atoms with Crippen molar-refractivity contribution in [3.05, 3.63) is 22.4 Å². The Morgan fingerprint density at radius 3 is 2.52 bits per heavy atom. The summed E-state index contributed by atoms with van der Waals surface area (Å²) in [5.74, 6) is 6.79. The van der Waals surface area contributed by atoms with Crippen LogP contribution in [0.2, 0.25) is 0 Å². The van der Waals surface area contributed by atoms with E-state index < -0.39 is 0 Å². The van der Waals surface area contributed by atoms with Crippen LogP contribution in [-0.2, 0) is 5.41 Å². The van der Waals surface area contributed by atoms with Crippen LogP contribution in [0.25, 0.3) is 0 Å². The highest BCUT2D eigenvalue weighted by molar-refractivity contribution is 7.10. The number of nitrogens with one attached hydrogen (secondary N) is 2. The number of hydrogen-bond acceptors (Lipinski definition) is 8. The van der Waals surface area contributed by atoms with E-state index >= 15 is 0 Å². The molecule has 0 fully saturated rings. The van der Waals surface area contributed by atoms with Gasteiger partial charge in [0.1, 0.15) is 0 Å². The van der Waals surface area contributed by atoms with E-state index in [2.05, 4.69) is 57.1 Å². The molecule has 114 valence electrons. The van der Waals surface area contributed by atoms with Gasteiger partial charge in [-0.25, -0.2) is 5.84 Å². The second-order valence-electron chi connectivity index (χ2n) is 5.54. The maximum atomic E-state index is 5.40. The molecule has 0 bridgehead atoms. The fraction of sp³-hybridized carbons (Fsp3) is 0.462. The molecule has 2 rings (SSSR count). The number of aromatic nitrogens is 3. The van der Waals surface area contributed by atoms with Gasteiger partial charge in [-0.3, -0.25) is 5.43 Å². The summed E-state index contributed by atoms with van der Waals surface area (Å²) in [5.41, 5.74) is 2.46. The van der Waals surface area contributed by atoms with E-state index in [0.29, 0.717) is 24.4 Å². The summed E-state index contributed by atoms with van der Waals surface area (Å²) in [7, 11) is 3.74. The lowest BCUT2D eigenvalue weighted by Crippen LogP contribution is -2.28. The fourth-order valence-corrected chi connectivity index (χ4v) is 2.61. The first kappa shape index (κ1) is 15.5. The van der Waals surface area contributed by atoms with E-state index in [0.717, 1.165) is 0 Å². The normalized spacial score (nSPS) is 11.3. The van der Waals surface area contributed by atoms with Crippen molar-refractivity contribution in [2.45, 2.75) is 19.3 Å². The van der Waals surface area contributed by atoms with Crippen LogP contribution in [0.4, 0.5) is 17.8 Å². The van der Waals surface area contributed by atoms with E-state index in [1.807, 2.05) is 14.1 Å². The van der Waals surface area contributed by atoms with Crippen LogP contribution < -0.4 is 21.5 Å². The van der Waals surface area contributed by atoms with Gasteiger partial charge in [0.2, 0.25) is 17.8 Å². The standard InChI is InChI=1S/C13H21N7S/c1-13(2,9-6-5-7-21-9)8-15-10-16-11(19-14)18-12(17-10)20(3)4/h5-7H,8,14H2,1-4H3,(H2,15,16,17,18,19). The Labute approximate surface area is 128 Å². The van der Waals surface area contributed by atoms with Crippen LogP contribution >= 0.6 is 11.3 Å². The number of nitrogens with zero attached hydrogens (tertiary/aromatic N) is 4. The monoisotopic (exact) mass is 307 g/mol. The Morgan fingerprint density at radius 2 is 1.95 bits per heavy atom. The number of nitrogen functional groups attached to an aromatic ring is 1.